The second-order valence-corrected chi connectivity index (χ2v) is 4.63. The van der Waals surface area contributed by atoms with Crippen molar-refractivity contribution in [2.24, 2.45) is 0 Å². The molecule has 0 radical (unpaired) electrons. The van der Waals surface area contributed by atoms with Crippen LogP contribution in [-0.2, 0) is 0 Å². The Morgan fingerprint density at radius 3 is 2.59 bits per heavy atom. The van der Waals surface area contributed by atoms with Crippen LogP contribution in [0.2, 0.25) is 0 Å². The number of aldehydes is 1. The van der Waals surface area contributed by atoms with Gasteiger partial charge in [-0.05, 0) is 38.0 Å². The Kier molecular flexibility index (Phi) is 2.32. The maximum Gasteiger partial charge on any atom is 0.170 e. The van der Waals surface area contributed by atoms with Crippen molar-refractivity contribution in [3.05, 3.63) is 47.3 Å². The van der Waals surface area contributed by atoms with Crippen LogP contribution >= 0.6 is 0 Å². The molecular weight excluding hydrogens is 212 g/mol. The number of rotatable bonds is 3. The first-order valence-corrected chi connectivity index (χ1v) is 5.90. The first-order chi connectivity index (χ1) is 8.28. The van der Waals surface area contributed by atoms with Crippen LogP contribution in [0.15, 0.2) is 30.3 Å². The molecule has 3 heteroatoms. The van der Waals surface area contributed by atoms with Crippen molar-refractivity contribution in [2.45, 2.75) is 25.7 Å². The summed E-state index contributed by atoms with van der Waals surface area (Å²) >= 11 is 0. The van der Waals surface area contributed by atoms with Gasteiger partial charge in [-0.3, -0.25) is 4.79 Å². The number of aromatic nitrogens is 2. The molecule has 0 bridgehead atoms. The maximum absolute atomic E-state index is 10.8. The molecule has 1 aromatic heterocycles. The monoisotopic (exact) mass is 226 g/mol. The van der Waals surface area contributed by atoms with Crippen molar-refractivity contribution < 1.29 is 4.79 Å². The van der Waals surface area contributed by atoms with Gasteiger partial charge < -0.3 is 0 Å². The Bertz CT molecular complexity index is 550. The molecule has 3 rings (SSSR count). The smallest absolute Gasteiger partial charge is 0.170 e. The van der Waals surface area contributed by atoms with Crippen LogP contribution < -0.4 is 0 Å². The lowest BCUT2D eigenvalue weighted by Crippen LogP contribution is -2.01. The largest absolute Gasteiger partial charge is 0.296 e. The van der Waals surface area contributed by atoms with Crippen molar-refractivity contribution in [2.75, 3.05) is 0 Å². The molecule has 0 spiro atoms. The molecule has 86 valence electrons. The molecule has 0 amide bonds. The normalized spacial score (nSPS) is 14.9. The molecule has 1 fully saturated rings. The number of aryl methyl sites for hydroxylation is 1. The highest BCUT2D eigenvalue weighted by Crippen LogP contribution is 2.40. The quantitative estimate of drug-likeness (QED) is 0.754. The predicted molar refractivity (Wildman–Crippen MR) is 65.7 cm³/mol. The van der Waals surface area contributed by atoms with Gasteiger partial charge in [-0.15, -0.1) is 0 Å². The van der Waals surface area contributed by atoms with Gasteiger partial charge in [0, 0.05) is 11.6 Å². The first-order valence-electron chi connectivity index (χ1n) is 5.90. The number of carbonyl (C=O) groups excluding carboxylic acids is 1. The van der Waals surface area contributed by atoms with Gasteiger partial charge in [-0.2, -0.15) is 5.10 Å². The number of benzene rings is 1. The SMILES string of the molecule is Cc1ccc(-n2nc(C=O)cc2C2CC2)cc1. The molecular formula is C14H14N2O. The molecule has 0 atom stereocenters. The van der Waals surface area contributed by atoms with Crippen molar-refractivity contribution in [1.82, 2.24) is 9.78 Å². The average Bonchev–Trinajstić information content (AvgIpc) is 3.10. The van der Waals surface area contributed by atoms with Crippen LogP contribution in [0.25, 0.3) is 5.69 Å². The zero-order valence-electron chi connectivity index (χ0n) is 9.76. The fourth-order valence-corrected chi connectivity index (χ4v) is 2.03. The van der Waals surface area contributed by atoms with Gasteiger partial charge in [0.25, 0.3) is 0 Å². The van der Waals surface area contributed by atoms with Gasteiger partial charge in [-0.25, -0.2) is 4.68 Å². The predicted octanol–water partition coefficient (Wildman–Crippen LogP) is 2.87. The van der Waals surface area contributed by atoms with Crippen LogP contribution in [0.5, 0.6) is 0 Å². The number of carbonyl (C=O) groups is 1. The third kappa shape index (κ3) is 1.88. The van der Waals surface area contributed by atoms with E-state index in [2.05, 4.69) is 24.2 Å². The van der Waals surface area contributed by atoms with Crippen LogP contribution in [-0.4, -0.2) is 16.1 Å². The van der Waals surface area contributed by atoms with Crippen LogP contribution in [0, 0.1) is 6.92 Å². The third-order valence-electron chi connectivity index (χ3n) is 3.15. The Hall–Kier alpha value is -1.90. The van der Waals surface area contributed by atoms with E-state index in [0.29, 0.717) is 11.6 Å². The highest BCUT2D eigenvalue weighted by Gasteiger charge is 2.28. The van der Waals surface area contributed by atoms with E-state index in [0.717, 1.165) is 17.7 Å². The molecule has 1 heterocycles. The minimum Gasteiger partial charge on any atom is -0.296 e. The van der Waals surface area contributed by atoms with E-state index in [4.69, 9.17) is 0 Å². The number of nitrogens with zero attached hydrogens (tertiary/aromatic N) is 2. The molecule has 0 unspecified atom stereocenters. The second kappa shape index (κ2) is 3.84. The first kappa shape index (κ1) is 10.3. The van der Waals surface area contributed by atoms with Crippen LogP contribution in [0.1, 0.15) is 40.5 Å². The summed E-state index contributed by atoms with van der Waals surface area (Å²) in [6.07, 6.45) is 3.22. The maximum atomic E-state index is 10.8. The fourth-order valence-electron chi connectivity index (χ4n) is 2.03. The lowest BCUT2D eigenvalue weighted by atomic mass is 10.2. The van der Waals surface area contributed by atoms with Crippen molar-refractivity contribution in [3.8, 4) is 5.69 Å². The van der Waals surface area contributed by atoms with E-state index in [1.807, 2.05) is 22.9 Å². The molecule has 17 heavy (non-hydrogen) atoms. The molecule has 0 N–H and O–H groups in total. The molecule has 1 aliphatic carbocycles. The van der Waals surface area contributed by atoms with Gasteiger partial charge in [-0.1, -0.05) is 17.7 Å². The lowest BCUT2D eigenvalue weighted by molar-refractivity contribution is 0.111. The summed E-state index contributed by atoms with van der Waals surface area (Å²) in [6, 6.07) is 10.1. The fraction of sp³-hybridized carbons (Fsp3) is 0.286. The molecule has 3 nitrogen and oxygen atoms in total. The third-order valence-corrected chi connectivity index (χ3v) is 3.15. The lowest BCUT2D eigenvalue weighted by Gasteiger charge is -2.06. The van der Waals surface area contributed by atoms with E-state index < -0.39 is 0 Å². The molecule has 1 saturated carbocycles. The standard InChI is InChI=1S/C14H14N2O/c1-10-2-6-13(7-3-10)16-14(11-4-5-11)8-12(9-17)15-16/h2-3,6-9,11H,4-5H2,1H3. The summed E-state index contributed by atoms with van der Waals surface area (Å²) < 4.78 is 1.90. The van der Waals surface area contributed by atoms with Crippen LogP contribution in [0.3, 0.4) is 0 Å². The van der Waals surface area contributed by atoms with Gasteiger partial charge in [0.15, 0.2) is 6.29 Å². The molecule has 0 aliphatic heterocycles. The summed E-state index contributed by atoms with van der Waals surface area (Å²) in [4.78, 5) is 10.8. The van der Waals surface area contributed by atoms with Crippen molar-refractivity contribution >= 4 is 6.29 Å². The van der Waals surface area contributed by atoms with Gasteiger partial charge in [0.2, 0.25) is 0 Å². The van der Waals surface area contributed by atoms with Gasteiger partial charge in [0.1, 0.15) is 5.69 Å². The summed E-state index contributed by atoms with van der Waals surface area (Å²) in [5, 5.41) is 4.34. The van der Waals surface area contributed by atoms with Crippen molar-refractivity contribution in [3.63, 3.8) is 0 Å². The molecule has 2 aromatic rings. The van der Waals surface area contributed by atoms with Gasteiger partial charge >= 0.3 is 0 Å². The minimum absolute atomic E-state index is 0.521. The van der Waals surface area contributed by atoms with Gasteiger partial charge in [0.05, 0.1) is 5.69 Å². The zero-order chi connectivity index (χ0) is 11.8. The van der Waals surface area contributed by atoms with E-state index in [-0.39, 0.29) is 0 Å². The zero-order valence-corrected chi connectivity index (χ0v) is 9.76. The Balaban J connectivity index is 2.08. The Labute approximate surface area is 100 Å². The van der Waals surface area contributed by atoms with E-state index >= 15 is 0 Å². The van der Waals surface area contributed by atoms with E-state index in [1.165, 1.54) is 18.4 Å². The summed E-state index contributed by atoms with van der Waals surface area (Å²) in [5.41, 5.74) is 3.94. The summed E-state index contributed by atoms with van der Waals surface area (Å²) in [5.74, 6) is 0.581. The summed E-state index contributed by atoms with van der Waals surface area (Å²) in [7, 11) is 0. The molecule has 1 aromatic carbocycles. The van der Waals surface area contributed by atoms with E-state index in [1.54, 1.807) is 0 Å². The van der Waals surface area contributed by atoms with Crippen molar-refractivity contribution in [1.29, 1.82) is 0 Å². The Morgan fingerprint density at radius 2 is 2.00 bits per heavy atom. The molecule has 1 aliphatic rings. The summed E-state index contributed by atoms with van der Waals surface area (Å²) in [6.45, 7) is 2.06. The highest BCUT2D eigenvalue weighted by molar-refractivity contribution is 5.72. The topological polar surface area (TPSA) is 34.9 Å². The number of hydrogen-bond acceptors (Lipinski definition) is 2. The highest BCUT2D eigenvalue weighted by atomic mass is 16.1. The minimum atomic E-state index is 0.521. The Morgan fingerprint density at radius 1 is 1.29 bits per heavy atom. The number of hydrogen-bond donors (Lipinski definition) is 0. The van der Waals surface area contributed by atoms with E-state index in [9.17, 15) is 4.79 Å². The van der Waals surface area contributed by atoms with Crippen LogP contribution in [0.4, 0.5) is 0 Å². The average molecular weight is 226 g/mol. The molecule has 0 saturated heterocycles. The second-order valence-electron chi connectivity index (χ2n) is 4.63.